The summed E-state index contributed by atoms with van der Waals surface area (Å²) in [5.74, 6) is 0.997. The van der Waals surface area contributed by atoms with Crippen LogP contribution in [0.3, 0.4) is 0 Å². The number of rotatable bonds is 4. The average molecular weight is 240 g/mol. The van der Waals surface area contributed by atoms with E-state index < -0.39 is 0 Å². The van der Waals surface area contributed by atoms with Gasteiger partial charge in [0.25, 0.3) is 0 Å². The Bertz CT molecular complexity index is 204. The van der Waals surface area contributed by atoms with Crippen molar-refractivity contribution in [2.45, 2.75) is 57.9 Å². The Labute approximate surface area is 106 Å². The van der Waals surface area contributed by atoms with Gasteiger partial charge in [-0.3, -0.25) is 5.43 Å². The lowest BCUT2D eigenvalue weighted by Gasteiger charge is -2.31. The zero-order valence-corrected chi connectivity index (χ0v) is 11.3. The molecule has 3 nitrogen and oxygen atoms in total. The van der Waals surface area contributed by atoms with Crippen LogP contribution in [-0.4, -0.2) is 37.4 Å². The fourth-order valence-corrected chi connectivity index (χ4v) is 3.16. The first kappa shape index (κ1) is 13.3. The van der Waals surface area contributed by atoms with Crippen molar-refractivity contribution in [1.29, 1.82) is 0 Å². The van der Waals surface area contributed by atoms with Crippen molar-refractivity contribution in [3.63, 3.8) is 0 Å². The van der Waals surface area contributed by atoms with Crippen molar-refractivity contribution < 1.29 is 4.74 Å². The average Bonchev–Trinajstić information content (AvgIpc) is 2.57. The molecule has 1 N–H and O–H groups in total. The van der Waals surface area contributed by atoms with Gasteiger partial charge in [0.05, 0.1) is 13.2 Å². The van der Waals surface area contributed by atoms with E-state index in [1.165, 1.54) is 44.9 Å². The fourth-order valence-electron chi connectivity index (χ4n) is 3.16. The quantitative estimate of drug-likeness (QED) is 0.764. The molecule has 2 atom stereocenters. The van der Waals surface area contributed by atoms with Gasteiger partial charge < -0.3 is 4.74 Å². The summed E-state index contributed by atoms with van der Waals surface area (Å²) in [5.41, 5.74) is 3.71. The maximum Gasteiger partial charge on any atom is 0.0608 e. The summed E-state index contributed by atoms with van der Waals surface area (Å²) in [6.45, 7) is 6.19. The van der Waals surface area contributed by atoms with Crippen molar-refractivity contribution in [3.05, 3.63) is 0 Å². The molecular weight excluding hydrogens is 212 g/mol. The maximum absolute atomic E-state index is 5.38. The van der Waals surface area contributed by atoms with E-state index in [9.17, 15) is 0 Å². The van der Waals surface area contributed by atoms with Crippen LogP contribution in [0.1, 0.15) is 51.9 Å². The van der Waals surface area contributed by atoms with Crippen LogP contribution in [0.2, 0.25) is 0 Å². The van der Waals surface area contributed by atoms with Gasteiger partial charge in [-0.15, -0.1) is 0 Å². The number of hydrogen-bond acceptors (Lipinski definition) is 3. The van der Waals surface area contributed by atoms with E-state index in [4.69, 9.17) is 4.74 Å². The Morgan fingerprint density at radius 2 is 1.94 bits per heavy atom. The van der Waals surface area contributed by atoms with Crippen LogP contribution in [0.15, 0.2) is 0 Å². The third-order valence-corrected chi connectivity index (χ3v) is 4.16. The van der Waals surface area contributed by atoms with E-state index >= 15 is 0 Å². The molecule has 1 saturated carbocycles. The van der Waals surface area contributed by atoms with Gasteiger partial charge in [0.2, 0.25) is 0 Å². The minimum absolute atomic E-state index is 0.718. The van der Waals surface area contributed by atoms with Gasteiger partial charge in [-0.05, 0) is 25.2 Å². The molecule has 2 rings (SSSR count). The summed E-state index contributed by atoms with van der Waals surface area (Å²) < 4.78 is 5.38. The number of morpholine rings is 1. The fraction of sp³-hybridized carbons (Fsp3) is 1.00. The zero-order chi connectivity index (χ0) is 11.9. The molecule has 3 heteroatoms. The molecule has 0 amide bonds. The second-order valence-corrected chi connectivity index (χ2v) is 5.59. The molecule has 0 aromatic carbocycles. The maximum atomic E-state index is 5.38. The van der Waals surface area contributed by atoms with E-state index in [0.717, 1.165) is 38.3 Å². The van der Waals surface area contributed by atoms with Crippen molar-refractivity contribution >= 4 is 0 Å². The molecule has 0 spiro atoms. The molecule has 0 radical (unpaired) electrons. The minimum Gasteiger partial charge on any atom is -0.379 e. The Kier molecular flexibility index (Phi) is 5.75. The molecule has 2 aliphatic rings. The lowest BCUT2D eigenvalue weighted by molar-refractivity contribution is 0.00223. The Balaban J connectivity index is 1.70. The number of hydrogen-bond donors (Lipinski definition) is 1. The van der Waals surface area contributed by atoms with E-state index in [-0.39, 0.29) is 0 Å². The van der Waals surface area contributed by atoms with Crippen molar-refractivity contribution in [2.75, 3.05) is 26.3 Å². The molecule has 2 unspecified atom stereocenters. The van der Waals surface area contributed by atoms with Gasteiger partial charge >= 0.3 is 0 Å². The Morgan fingerprint density at radius 1 is 1.12 bits per heavy atom. The predicted molar refractivity (Wildman–Crippen MR) is 70.8 cm³/mol. The summed E-state index contributed by atoms with van der Waals surface area (Å²) in [4.78, 5) is 0. The van der Waals surface area contributed by atoms with Crippen LogP contribution >= 0.6 is 0 Å². The van der Waals surface area contributed by atoms with Gasteiger partial charge in [-0.1, -0.05) is 32.6 Å². The Morgan fingerprint density at radius 3 is 2.71 bits per heavy atom. The van der Waals surface area contributed by atoms with E-state index in [1.807, 2.05) is 0 Å². The highest BCUT2D eigenvalue weighted by molar-refractivity contribution is 4.75. The number of hydrazine groups is 1. The molecule has 100 valence electrons. The molecule has 17 heavy (non-hydrogen) atoms. The van der Waals surface area contributed by atoms with Crippen LogP contribution in [-0.2, 0) is 4.74 Å². The predicted octanol–water partition coefficient (Wildman–Crippen LogP) is 2.57. The van der Waals surface area contributed by atoms with Gasteiger partial charge in [0.1, 0.15) is 0 Å². The summed E-state index contributed by atoms with van der Waals surface area (Å²) in [5, 5.41) is 2.37. The third kappa shape index (κ3) is 4.57. The van der Waals surface area contributed by atoms with Crippen LogP contribution in [0, 0.1) is 5.92 Å². The second-order valence-electron chi connectivity index (χ2n) is 5.59. The van der Waals surface area contributed by atoms with Crippen molar-refractivity contribution in [3.8, 4) is 0 Å². The largest absolute Gasteiger partial charge is 0.379 e. The smallest absolute Gasteiger partial charge is 0.0608 e. The summed E-state index contributed by atoms with van der Waals surface area (Å²) >= 11 is 0. The standard InChI is InChI=1S/C14H28N2O/c1-2-4-13-5-3-6-14(8-7-13)15-16-9-11-17-12-10-16/h13-15H,2-12H2,1H3. The second kappa shape index (κ2) is 7.34. The molecule has 1 saturated heterocycles. The molecule has 0 bridgehead atoms. The van der Waals surface area contributed by atoms with Gasteiger partial charge in [-0.25, -0.2) is 5.01 Å². The van der Waals surface area contributed by atoms with Crippen LogP contribution in [0.5, 0.6) is 0 Å². The highest BCUT2D eigenvalue weighted by atomic mass is 16.5. The molecule has 2 fully saturated rings. The lowest BCUT2D eigenvalue weighted by Crippen LogP contribution is -2.50. The molecule has 1 aliphatic heterocycles. The summed E-state index contributed by atoms with van der Waals surface area (Å²) in [6.07, 6.45) is 9.80. The van der Waals surface area contributed by atoms with Gasteiger partial charge in [-0.2, -0.15) is 0 Å². The number of nitrogens with zero attached hydrogens (tertiary/aromatic N) is 1. The summed E-state index contributed by atoms with van der Waals surface area (Å²) in [6, 6.07) is 0.718. The van der Waals surface area contributed by atoms with Crippen LogP contribution < -0.4 is 5.43 Å². The highest BCUT2D eigenvalue weighted by Crippen LogP contribution is 2.26. The normalized spacial score (nSPS) is 32.3. The van der Waals surface area contributed by atoms with Gasteiger partial charge in [0.15, 0.2) is 0 Å². The minimum atomic E-state index is 0.718. The molecular formula is C14H28N2O. The molecule has 1 heterocycles. The van der Waals surface area contributed by atoms with E-state index in [1.54, 1.807) is 0 Å². The van der Waals surface area contributed by atoms with E-state index in [2.05, 4.69) is 17.4 Å². The Hall–Kier alpha value is -0.120. The van der Waals surface area contributed by atoms with Crippen molar-refractivity contribution in [1.82, 2.24) is 10.4 Å². The molecule has 0 aromatic rings. The van der Waals surface area contributed by atoms with Crippen LogP contribution in [0.25, 0.3) is 0 Å². The first-order valence-electron chi connectivity index (χ1n) is 7.47. The van der Waals surface area contributed by atoms with Gasteiger partial charge in [0, 0.05) is 19.1 Å². The zero-order valence-electron chi connectivity index (χ0n) is 11.3. The first-order chi connectivity index (χ1) is 8.38. The van der Waals surface area contributed by atoms with Crippen LogP contribution in [0.4, 0.5) is 0 Å². The third-order valence-electron chi connectivity index (χ3n) is 4.16. The monoisotopic (exact) mass is 240 g/mol. The number of nitrogens with one attached hydrogen (secondary N) is 1. The lowest BCUT2D eigenvalue weighted by atomic mass is 9.95. The van der Waals surface area contributed by atoms with E-state index in [0.29, 0.717) is 0 Å². The SMILES string of the molecule is CCCC1CCCC(NN2CCOCC2)CC1. The first-order valence-corrected chi connectivity index (χ1v) is 7.47. The summed E-state index contributed by atoms with van der Waals surface area (Å²) in [7, 11) is 0. The number of ether oxygens (including phenoxy) is 1. The molecule has 0 aromatic heterocycles. The topological polar surface area (TPSA) is 24.5 Å². The molecule has 1 aliphatic carbocycles. The van der Waals surface area contributed by atoms with Crippen molar-refractivity contribution in [2.24, 2.45) is 5.92 Å². The highest BCUT2D eigenvalue weighted by Gasteiger charge is 2.20.